The zero-order valence-corrected chi connectivity index (χ0v) is 16.2. The Hall–Kier alpha value is -2.01. The van der Waals surface area contributed by atoms with E-state index in [0.29, 0.717) is 6.61 Å². The van der Waals surface area contributed by atoms with Gasteiger partial charge >= 0.3 is 0 Å². The molecule has 3 rings (SSSR count). The van der Waals surface area contributed by atoms with Crippen LogP contribution in [0.5, 0.6) is 0 Å². The highest BCUT2D eigenvalue weighted by molar-refractivity contribution is 7.11. The van der Waals surface area contributed by atoms with E-state index in [1.54, 1.807) is 11.3 Å². The highest BCUT2D eigenvalue weighted by Gasteiger charge is 2.29. The van der Waals surface area contributed by atoms with Gasteiger partial charge in [-0.25, -0.2) is 0 Å². The van der Waals surface area contributed by atoms with Crippen LogP contribution in [0.4, 0.5) is 0 Å². The second-order valence-corrected chi connectivity index (χ2v) is 7.40. The molecule has 1 atom stereocenters. The third kappa shape index (κ3) is 4.39. The lowest BCUT2D eigenvalue weighted by Gasteiger charge is -2.08. The van der Waals surface area contributed by atoms with Crippen molar-refractivity contribution in [2.75, 3.05) is 13.2 Å². The van der Waals surface area contributed by atoms with Crippen molar-refractivity contribution in [2.24, 2.45) is 0 Å². The molecular formula is C22H26NO2S+. The summed E-state index contributed by atoms with van der Waals surface area (Å²) in [4.78, 5) is 1.28. The van der Waals surface area contributed by atoms with Crippen molar-refractivity contribution in [1.82, 2.24) is 0 Å². The van der Waals surface area contributed by atoms with Crippen LogP contribution in [0.1, 0.15) is 39.7 Å². The summed E-state index contributed by atoms with van der Waals surface area (Å²) in [5, 5.41) is 12.0. The number of thiazole rings is 1. The van der Waals surface area contributed by atoms with Crippen LogP contribution in [-0.4, -0.2) is 18.3 Å². The molecule has 0 aliphatic carbocycles. The van der Waals surface area contributed by atoms with Gasteiger partial charge in [-0.05, 0) is 12.5 Å². The van der Waals surface area contributed by atoms with Gasteiger partial charge in [0.25, 0.3) is 5.01 Å². The van der Waals surface area contributed by atoms with Crippen LogP contribution in [0.15, 0.2) is 60.7 Å². The van der Waals surface area contributed by atoms with Crippen molar-refractivity contribution >= 4 is 11.3 Å². The molecule has 0 saturated carbocycles. The van der Waals surface area contributed by atoms with Crippen molar-refractivity contribution < 1.29 is 14.4 Å². The molecule has 0 aliphatic rings. The molecule has 0 radical (unpaired) electrons. The van der Waals surface area contributed by atoms with Crippen LogP contribution >= 0.6 is 11.3 Å². The minimum absolute atomic E-state index is 0.621. The minimum Gasteiger partial charge on any atom is -0.381 e. The normalized spacial score (nSPS) is 12.3. The lowest BCUT2D eigenvalue weighted by molar-refractivity contribution is -0.699. The van der Waals surface area contributed by atoms with E-state index in [1.807, 2.05) is 43.3 Å². The maximum absolute atomic E-state index is 11.0. The average Bonchev–Trinajstić information content (AvgIpc) is 2.99. The molecule has 0 saturated heterocycles. The van der Waals surface area contributed by atoms with Crippen LogP contribution in [0.3, 0.4) is 0 Å². The maximum atomic E-state index is 11.0. The predicted molar refractivity (Wildman–Crippen MR) is 105 cm³/mol. The van der Waals surface area contributed by atoms with Crippen molar-refractivity contribution in [3.8, 4) is 0 Å². The fourth-order valence-electron chi connectivity index (χ4n) is 3.06. The predicted octanol–water partition coefficient (Wildman–Crippen LogP) is 4.05. The molecule has 0 fully saturated rings. The van der Waals surface area contributed by atoms with Crippen LogP contribution in [0, 0.1) is 6.92 Å². The third-order valence-corrected chi connectivity index (χ3v) is 5.91. The van der Waals surface area contributed by atoms with E-state index in [4.69, 9.17) is 4.74 Å². The fourth-order valence-corrected chi connectivity index (χ4v) is 4.31. The Morgan fingerprint density at radius 3 is 2.35 bits per heavy atom. The van der Waals surface area contributed by atoms with E-state index in [0.717, 1.165) is 30.1 Å². The molecule has 4 heteroatoms. The Balaban J connectivity index is 1.96. The van der Waals surface area contributed by atoms with Crippen molar-refractivity contribution in [1.29, 1.82) is 0 Å². The molecule has 136 valence electrons. The van der Waals surface area contributed by atoms with E-state index in [1.165, 1.54) is 16.1 Å². The molecule has 1 heterocycles. The number of nitrogens with zero attached hydrogens (tertiary/aromatic N) is 1. The number of benzene rings is 2. The van der Waals surface area contributed by atoms with E-state index in [9.17, 15) is 5.11 Å². The largest absolute Gasteiger partial charge is 0.381 e. The molecule has 0 spiro atoms. The third-order valence-electron chi connectivity index (χ3n) is 4.51. The second kappa shape index (κ2) is 9.08. The zero-order chi connectivity index (χ0) is 18.4. The first-order chi connectivity index (χ1) is 12.7. The van der Waals surface area contributed by atoms with Gasteiger partial charge in [0.05, 0.1) is 11.5 Å². The number of hydrogen-bond acceptors (Lipinski definition) is 3. The second-order valence-electron chi connectivity index (χ2n) is 6.28. The number of rotatable bonds is 8. The van der Waals surface area contributed by atoms with E-state index >= 15 is 0 Å². The molecule has 0 aliphatic heterocycles. The van der Waals surface area contributed by atoms with Gasteiger partial charge in [-0.1, -0.05) is 72.0 Å². The van der Waals surface area contributed by atoms with Gasteiger partial charge in [0, 0.05) is 25.5 Å². The first-order valence-corrected chi connectivity index (χ1v) is 9.89. The van der Waals surface area contributed by atoms with Crippen LogP contribution in [0.25, 0.3) is 0 Å². The van der Waals surface area contributed by atoms with Gasteiger partial charge in [0.2, 0.25) is 0 Å². The Labute approximate surface area is 159 Å². The smallest absolute Gasteiger partial charge is 0.271 e. The number of aliphatic hydroxyl groups is 1. The molecule has 2 aromatic carbocycles. The van der Waals surface area contributed by atoms with Crippen LogP contribution in [0.2, 0.25) is 0 Å². The Morgan fingerprint density at radius 1 is 1.04 bits per heavy atom. The fraction of sp³-hybridized carbons (Fsp3) is 0.318. The number of aromatic nitrogens is 1. The van der Waals surface area contributed by atoms with Crippen LogP contribution in [-0.2, 0) is 17.7 Å². The number of hydrogen-bond donors (Lipinski definition) is 1. The molecule has 1 aromatic heterocycles. The summed E-state index contributed by atoms with van der Waals surface area (Å²) in [5.41, 5.74) is 3.37. The summed E-state index contributed by atoms with van der Waals surface area (Å²) >= 11 is 1.69. The van der Waals surface area contributed by atoms with Crippen molar-refractivity contribution in [2.45, 2.75) is 32.9 Å². The molecule has 3 aromatic rings. The highest BCUT2D eigenvalue weighted by Crippen LogP contribution is 2.28. The number of ether oxygens (including phenoxy) is 1. The van der Waals surface area contributed by atoms with Crippen molar-refractivity contribution in [3.63, 3.8) is 0 Å². The minimum atomic E-state index is -0.621. The first kappa shape index (κ1) is 18.8. The standard InChI is InChI=1S/C22H26NO2S/c1-3-25-15-14-20-17(2)23(16-18-10-6-4-7-11-18)22(26-20)21(24)19-12-8-5-9-13-19/h4-13,21,24H,3,14-16H2,1-2H3/q+1/i21+1,22+1. The molecule has 0 bridgehead atoms. The van der Waals surface area contributed by atoms with Gasteiger partial charge in [-0.3, -0.25) is 0 Å². The Morgan fingerprint density at radius 2 is 1.69 bits per heavy atom. The molecule has 0 amide bonds. The molecule has 26 heavy (non-hydrogen) atoms. The van der Waals surface area contributed by atoms with E-state index in [-0.39, 0.29) is 0 Å². The monoisotopic (exact) mass is 370 g/mol. The summed E-state index contributed by atoms with van der Waals surface area (Å²) in [6, 6.07) is 20.3. The van der Waals surface area contributed by atoms with E-state index < -0.39 is 6.10 Å². The lowest BCUT2D eigenvalue weighted by Crippen LogP contribution is -2.40. The quantitative estimate of drug-likeness (QED) is 0.369. The molecule has 3 nitrogen and oxygen atoms in total. The first-order valence-electron chi connectivity index (χ1n) is 9.07. The van der Waals surface area contributed by atoms with Gasteiger partial charge in [-0.15, -0.1) is 0 Å². The summed E-state index contributed by atoms with van der Waals surface area (Å²) in [7, 11) is 0. The topological polar surface area (TPSA) is 33.3 Å². The molecule has 1 unspecified atom stereocenters. The Kier molecular flexibility index (Phi) is 6.56. The molecular weight excluding hydrogens is 344 g/mol. The van der Waals surface area contributed by atoms with Gasteiger partial charge in [-0.2, -0.15) is 4.57 Å². The SMILES string of the molecule is CCOCCc1s[13c]([13CH](O)c2ccccc2)[n+](Cc2ccccc2)c1C. The van der Waals surface area contributed by atoms with Gasteiger partial charge in [0.1, 0.15) is 0 Å². The lowest BCUT2D eigenvalue weighted by atomic mass is 10.2. The van der Waals surface area contributed by atoms with Crippen LogP contribution < -0.4 is 4.57 Å². The van der Waals surface area contributed by atoms with Gasteiger partial charge in [0.15, 0.2) is 18.3 Å². The summed E-state index contributed by atoms with van der Waals surface area (Å²) < 4.78 is 7.79. The van der Waals surface area contributed by atoms with Crippen molar-refractivity contribution in [3.05, 3.63) is 87.4 Å². The summed E-state index contributed by atoms with van der Waals surface area (Å²) in [6.07, 6.45) is 0.255. The zero-order valence-electron chi connectivity index (χ0n) is 15.4. The number of aliphatic hydroxyl groups excluding tert-OH is 1. The highest BCUT2D eigenvalue weighted by atomic mass is 32.1. The Bertz CT molecular complexity index is 815. The summed E-state index contributed by atoms with van der Waals surface area (Å²) in [6.45, 7) is 6.36. The summed E-state index contributed by atoms with van der Waals surface area (Å²) in [5.74, 6) is 0. The van der Waals surface area contributed by atoms with Gasteiger partial charge < -0.3 is 9.84 Å². The molecule has 1 N–H and O–H groups in total. The van der Waals surface area contributed by atoms with E-state index in [2.05, 4.69) is 35.8 Å². The average molecular weight is 371 g/mol. The maximum Gasteiger partial charge on any atom is 0.271 e.